The van der Waals surface area contributed by atoms with Gasteiger partial charge in [-0.3, -0.25) is 4.79 Å². The summed E-state index contributed by atoms with van der Waals surface area (Å²) < 4.78 is 0. The number of hydrogen-bond donors (Lipinski definition) is 2. The van der Waals surface area contributed by atoms with Crippen LogP contribution in [-0.2, 0) is 0 Å². The van der Waals surface area contributed by atoms with E-state index in [0.717, 1.165) is 11.1 Å². The van der Waals surface area contributed by atoms with Crippen molar-refractivity contribution in [2.45, 2.75) is 13.8 Å². The first-order valence-corrected chi connectivity index (χ1v) is 4.64. The Morgan fingerprint density at radius 3 is 2.73 bits per heavy atom. The highest BCUT2D eigenvalue weighted by Gasteiger charge is 2.09. The second-order valence-corrected chi connectivity index (χ2v) is 3.41. The highest BCUT2D eigenvalue weighted by atomic mass is 16.1. The molecule has 3 nitrogen and oxygen atoms in total. The van der Waals surface area contributed by atoms with Crippen molar-refractivity contribution in [1.82, 2.24) is 5.32 Å². The van der Waals surface area contributed by atoms with Gasteiger partial charge in [-0.15, -0.1) is 6.42 Å². The van der Waals surface area contributed by atoms with Crippen LogP contribution in [0.2, 0.25) is 0 Å². The van der Waals surface area contributed by atoms with Crippen molar-refractivity contribution in [3.05, 3.63) is 28.8 Å². The van der Waals surface area contributed by atoms with Gasteiger partial charge in [-0.2, -0.15) is 0 Å². The molecule has 1 aromatic carbocycles. The molecule has 0 fully saturated rings. The number of aryl methyl sites for hydroxylation is 2. The summed E-state index contributed by atoms with van der Waals surface area (Å²) in [7, 11) is 0. The number of rotatable bonds is 2. The van der Waals surface area contributed by atoms with Gasteiger partial charge in [-0.25, -0.2) is 0 Å². The molecule has 1 rings (SSSR count). The van der Waals surface area contributed by atoms with Crippen LogP contribution < -0.4 is 11.1 Å². The van der Waals surface area contributed by atoms with E-state index in [4.69, 9.17) is 12.2 Å². The lowest BCUT2D eigenvalue weighted by molar-refractivity contribution is 0.0958. The Balaban J connectivity index is 3.00. The van der Waals surface area contributed by atoms with Gasteiger partial charge in [0, 0.05) is 11.3 Å². The molecule has 0 saturated heterocycles. The largest absolute Gasteiger partial charge is 0.398 e. The number of benzene rings is 1. The van der Waals surface area contributed by atoms with E-state index in [9.17, 15) is 4.79 Å². The Labute approximate surface area is 89.7 Å². The third-order valence-electron chi connectivity index (χ3n) is 2.21. The summed E-state index contributed by atoms with van der Waals surface area (Å²) in [6, 6.07) is 3.57. The first-order valence-electron chi connectivity index (χ1n) is 4.64. The minimum Gasteiger partial charge on any atom is -0.398 e. The molecule has 0 unspecified atom stereocenters. The number of carbonyl (C=O) groups excluding carboxylic acids is 1. The second-order valence-electron chi connectivity index (χ2n) is 3.41. The van der Waals surface area contributed by atoms with Crippen molar-refractivity contribution in [3.63, 3.8) is 0 Å². The van der Waals surface area contributed by atoms with Gasteiger partial charge in [-0.05, 0) is 31.0 Å². The summed E-state index contributed by atoms with van der Waals surface area (Å²) in [4.78, 5) is 11.6. The third kappa shape index (κ3) is 2.50. The summed E-state index contributed by atoms with van der Waals surface area (Å²) in [5.41, 5.74) is 8.80. The minimum absolute atomic E-state index is 0.183. The molecule has 0 atom stereocenters. The monoisotopic (exact) mass is 202 g/mol. The lowest BCUT2D eigenvalue weighted by Crippen LogP contribution is -2.24. The zero-order valence-electron chi connectivity index (χ0n) is 8.92. The van der Waals surface area contributed by atoms with E-state index in [-0.39, 0.29) is 12.5 Å². The molecule has 0 radical (unpaired) electrons. The van der Waals surface area contributed by atoms with Crippen LogP contribution >= 0.6 is 0 Å². The van der Waals surface area contributed by atoms with E-state index in [1.165, 1.54) is 0 Å². The van der Waals surface area contributed by atoms with Crippen molar-refractivity contribution < 1.29 is 4.79 Å². The van der Waals surface area contributed by atoms with E-state index < -0.39 is 0 Å². The second kappa shape index (κ2) is 4.52. The van der Waals surface area contributed by atoms with Crippen LogP contribution in [0.15, 0.2) is 12.1 Å². The molecule has 0 saturated carbocycles. The maximum Gasteiger partial charge on any atom is 0.252 e. The molecule has 0 aromatic heterocycles. The van der Waals surface area contributed by atoms with E-state index in [1.807, 2.05) is 19.9 Å². The van der Waals surface area contributed by atoms with Crippen LogP contribution in [0.3, 0.4) is 0 Å². The number of terminal acetylenes is 1. The average Bonchev–Trinajstić information content (AvgIpc) is 2.20. The average molecular weight is 202 g/mol. The van der Waals surface area contributed by atoms with Gasteiger partial charge in [0.1, 0.15) is 0 Å². The number of nitrogens with one attached hydrogen (secondary N) is 1. The van der Waals surface area contributed by atoms with Crippen molar-refractivity contribution in [1.29, 1.82) is 0 Å². The molecule has 15 heavy (non-hydrogen) atoms. The predicted molar refractivity (Wildman–Crippen MR) is 61.5 cm³/mol. The Kier molecular flexibility index (Phi) is 3.35. The Bertz CT molecular complexity index is 430. The molecule has 0 spiro atoms. The molecular weight excluding hydrogens is 188 g/mol. The fraction of sp³-hybridized carbons (Fsp3) is 0.250. The van der Waals surface area contributed by atoms with Crippen molar-refractivity contribution in [2.24, 2.45) is 0 Å². The Morgan fingerprint density at radius 1 is 1.47 bits per heavy atom. The first-order chi connectivity index (χ1) is 7.06. The van der Waals surface area contributed by atoms with Gasteiger partial charge in [0.2, 0.25) is 0 Å². The zero-order valence-corrected chi connectivity index (χ0v) is 8.92. The molecule has 0 bridgehead atoms. The molecule has 0 aliphatic heterocycles. The maximum absolute atomic E-state index is 11.6. The molecule has 0 heterocycles. The highest BCUT2D eigenvalue weighted by Crippen LogP contribution is 2.17. The van der Waals surface area contributed by atoms with E-state index in [2.05, 4.69) is 11.2 Å². The number of hydrogen-bond acceptors (Lipinski definition) is 2. The number of anilines is 1. The molecule has 1 amide bonds. The van der Waals surface area contributed by atoms with Crippen molar-refractivity contribution >= 4 is 11.6 Å². The Morgan fingerprint density at radius 2 is 2.13 bits per heavy atom. The molecule has 3 heteroatoms. The molecule has 3 N–H and O–H groups in total. The summed E-state index contributed by atoms with van der Waals surface area (Å²) in [5, 5.41) is 2.61. The maximum atomic E-state index is 11.6. The van der Waals surface area contributed by atoms with Gasteiger partial charge in [-0.1, -0.05) is 12.0 Å². The lowest BCUT2D eigenvalue weighted by Gasteiger charge is -2.08. The molecular formula is C12H14N2O. The van der Waals surface area contributed by atoms with Crippen molar-refractivity contribution in [3.8, 4) is 12.3 Å². The zero-order chi connectivity index (χ0) is 11.4. The first kappa shape index (κ1) is 11.1. The van der Waals surface area contributed by atoms with Crippen LogP contribution in [0.4, 0.5) is 5.69 Å². The van der Waals surface area contributed by atoms with Gasteiger partial charge in [0.25, 0.3) is 5.91 Å². The van der Waals surface area contributed by atoms with Crippen LogP contribution in [0, 0.1) is 26.2 Å². The van der Waals surface area contributed by atoms with Gasteiger partial charge >= 0.3 is 0 Å². The number of amides is 1. The number of nitrogen functional groups attached to an aromatic ring is 1. The minimum atomic E-state index is -0.183. The van der Waals surface area contributed by atoms with E-state index in [1.54, 1.807) is 6.07 Å². The summed E-state index contributed by atoms with van der Waals surface area (Å²) in [6.07, 6.45) is 5.06. The smallest absolute Gasteiger partial charge is 0.252 e. The molecule has 1 aromatic rings. The van der Waals surface area contributed by atoms with E-state index >= 15 is 0 Å². The summed E-state index contributed by atoms with van der Waals surface area (Å²) in [6.45, 7) is 4.01. The summed E-state index contributed by atoms with van der Waals surface area (Å²) in [5.74, 6) is 2.17. The van der Waals surface area contributed by atoms with Crippen LogP contribution in [0.25, 0.3) is 0 Å². The predicted octanol–water partition coefficient (Wildman–Crippen LogP) is 1.25. The van der Waals surface area contributed by atoms with Crippen LogP contribution in [0.1, 0.15) is 21.5 Å². The summed E-state index contributed by atoms with van der Waals surface area (Å²) >= 11 is 0. The van der Waals surface area contributed by atoms with Crippen LogP contribution in [-0.4, -0.2) is 12.5 Å². The highest BCUT2D eigenvalue weighted by molar-refractivity contribution is 5.96. The molecule has 0 aliphatic carbocycles. The number of carbonyl (C=O) groups is 1. The standard InChI is InChI=1S/C12H14N2O/c1-4-5-14-12(15)10-7-11(13)9(3)6-8(10)2/h1,6-7H,5,13H2,2-3H3,(H,14,15). The van der Waals surface area contributed by atoms with Gasteiger partial charge in [0.05, 0.1) is 6.54 Å². The lowest BCUT2D eigenvalue weighted by atomic mass is 10.0. The van der Waals surface area contributed by atoms with Crippen molar-refractivity contribution in [2.75, 3.05) is 12.3 Å². The quantitative estimate of drug-likeness (QED) is 0.560. The fourth-order valence-electron chi connectivity index (χ4n) is 1.34. The molecule has 0 aliphatic rings. The molecule has 78 valence electrons. The number of nitrogens with two attached hydrogens (primary N) is 1. The van der Waals surface area contributed by atoms with Crippen LogP contribution in [0.5, 0.6) is 0 Å². The SMILES string of the molecule is C#CCNC(=O)c1cc(N)c(C)cc1C. The van der Waals surface area contributed by atoms with Gasteiger partial charge < -0.3 is 11.1 Å². The topological polar surface area (TPSA) is 55.1 Å². The normalized spacial score (nSPS) is 9.40. The van der Waals surface area contributed by atoms with E-state index in [0.29, 0.717) is 11.3 Å². The fourth-order valence-corrected chi connectivity index (χ4v) is 1.34. The van der Waals surface area contributed by atoms with Gasteiger partial charge in [0.15, 0.2) is 0 Å². The third-order valence-corrected chi connectivity index (χ3v) is 2.21. The Hall–Kier alpha value is -1.95.